The van der Waals surface area contributed by atoms with Crippen LogP contribution < -0.4 is 10.9 Å². The third-order valence-corrected chi connectivity index (χ3v) is 4.14. The number of fused-ring (bicyclic) bond motifs is 1. The molecular formula is C18H21N3O2. The van der Waals surface area contributed by atoms with E-state index in [1.807, 2.05) is 39.0 Å². The Morgan fingerprint density at radius 3 is 2.65 bits per heavy atom. The van der Waals surface area contributed by atoms with E-state index in [1.165, 1.54) is 0 Å². The van der Waals surface area contributed by atoms with Gasteiger partial charge in [0.1, 0.15) is 11.2 Å². The molecule has 23 heavy (non-hydrogen) atoms. The van der Waals surface area contributed by atoms with E-state index in [0.29, 0.717) is 18.1 Å². The molecule has 3 aromatic rings. The second kappa shape index (κ2) is 5.91. The molecule has 1 aromatic carbocycles. The molecule has 120 valence electrons. The minimum Gasteiger partial charge on any atom is -0.438 e. The Bertz CT molecular complexity index is 883. The van der Waals surface area contributed by atoms with E-state index in [0.717, 1.165) is 39.9 Å². The molecule has 3 rings (SSSR count). The number of aromatic nitrogens is 2. The Hall–Kier alpha value is -2.56. The third kappa shape index (κ3) is 2.86. The van der Waals surface area contributed by atoms with Gasteiger partial charge in [-0.15, -0.1) is 0 Å². The van der Waals surface area contributed by atoms with Crippen LogP contribution in [0, 0.1) is 20.8 Å². The molecule has 0 unspecified atom stereocenters. The average Bonchev–Trinajstić information content (AvgIpc) is 2.96. The third-order valence-electron chi connectivity index (χ3n) is 4.14. The van der Waals surface area contributed by atoms with Crippen LogP contribution in [-0.4, -0.2) is 9.97 Å². The van der Waals surface area contributed by atoms with E-state index in [1.54, 1.807) is 0 Å². The molecule has 0 saturated heterocycles. The summed E-state index contributed by atoms with van der Waals surface area (Å²) < 4.78 is 5.84. The first-order chi connectivity index (χ1) is 11.0. The molecule has 0 bridgehead atoms. The van der Waals surface area contributed by atoms with Gasteiger partial charge in [0.25, 0.3) is 5.56 Å². The number of nitrogens with zero attached hydrogens (tertiary/aromatic N) is 1. The Morgan fingerprint density at radius 2 is 1.96 bits per heavy atom. The summed E-state index contributed by atoms with van der Waals surface area (Å²) in [4.78, 5) is 19.4. The number of H-pyrrole nitrogens is 1. The standard InChI is InChI=1S/C18H21N3O2/c1-5-13-8-14(18(22)20-12(13)4)19-9-15-21-16-10(2)6-7-11(3)17(16)23-15/h6-8,19H,5,9H2,1-4H3,(H,20,22). The zero-order valence-electron chi connectivity index (χ0n) is 13.9. The fourth-order valence-corrected chi connectivity index (χ4v) is 2.71. The molecule has 2 aromatic heterocycles. The maximum Gasteiger partial charge on any atom is 0.271 e. The van der Waals surface area contributed by atoms with Crippen molar-refractivity contribution in [2.45, 2.75) is 40.7 Å². The van der Waals surface area contributed by atoms with Crippen LogP contribution in [0.4, 0.5) is 5.69 Å². The number of rotatable bonds is 4. The quantitative estimate of drug-likeness (QED) is 0.772. The summed E-state index contributed by atoms with van der Waals surface area (Å²) in [7, 11) is 0. The van der Waals surface area contributed by atoms with E-state index < -0.39 is 0 Å². The lowest BCUT2D eigenvalue weighted by molar-refractivity contribution is 0.538. The molecule has 2 heterocycles. The van der Waals surface area contributed by atoms with Gasteiger partial charge in [-0.2, -0.15) is 0 Å². The first-order valence-corrected chi connectivity index (χ1v) is 7.82. The number of benzene rings is 1. The van der Waals surface area contributed by atoms with E-state index in [2.05, 4.69) is 22.2 Å². The number of nitrogens with one attached hydrogen (secondary N) is 2. The van der Waals surface area contributed by atoms with Crippen LogP contribution in [0.5, 0.6) is 0 Å². The van der Waals surface area contributed by atoms with Crippen molar-refractivity contribution in [1.82, 2.24) is 9.97 Å². The van der Waals surface area contributed by atoms with Crippen molar-refractivity contribution in [2.75, 3.05) is 5.32 Å². The molecule has 5 heteroatoms. The molecule has 0 amide bonds. The minimum atomic E-state index is -0.122. The van der Waals surface area contributed by atoms with Gasteiger partial charge in [-0.05, 0) is 49.9 Å². The Balaban J connectivity index is 1.88. The van der Waals surface area contributed by atoms with Crippen molar-refractivity contribution >= 4 is 16.8 Å². The molecule has 0 fully saturated rings. The lowest BCUT2D eigenvalue weighted by atomic mass is 10.1. The van der Waals surface area contributed by atoms with Gasteiger partial charge in [-0.1, -0.05) is 19.1 Å². The summed E-state index contributed by atoms with van der Waals surface area (Å²) in [6, 6.07) is 5.96. The van der Waals surface area contributed by atoms with Gasteiger partial charge in [0, 0.05) is 5.69 Å². The maximum absolute atomic E-state index is 12.0. The van der Waals surface area contributed by atoms with Crippen LogP contribution in [0.2, 0.25) is 0 Å². The van der Waals surface area contributed by atoms with Gasteiger partial charge in [0.15, 0.2) is 5.58 Å². The number of aromatic amines is 1. The second-order valence-corrected chi connectivity index (χ2v) is 5.85. The van der Waals surface area contributed by atoms with Crippen molar-refractivity contribution in [3.63, 3.8) is 0 Å². The van der Waals surface area contributed by atoms with Gasteiger partial charge >= 0.3 is 0 Å². The first kappa shape index (κ1) is 15.3. The van der Waals surface area contributed by atoms with Gasteiger partial charge in [0.05, 0.1) is 6.54 Å². The van der Waals surface area contributed by atoms with E-state index in [-0.39, 0.29) is 5.56 Å². The summed E-state index contributed by atoms with van der Waals surface area (Å²) in [6.07, 6.45) is 0.874. The zero-order chi connectivity index (χ0) is 16.6. The normalized spacial score (nSPS) is 11.1. The Labute approximate surface area is 134 Å². The highest BCUT2D eigenvalue weighted by Gasteiger charge is 2.11. The van der Waals surface area contributed by atoms with Crippen LogP contribution in [-0.2, 0) is 13.0 Å². The fourth-order valence-electron chi connectivity index (χ4n) is 2.71. The van der Waals surface area contributed by atoms with Crippen LogP contribution in [0.15, 0.2) is 27.4 Å². The average molecular weight is 311 g/mol. The van der Waals surface area contributed by atoms with Crippen LogP contribution in [0.25, 0.3) is 11.1 Å². The molecule has 0 aliphatic heterocycles. The van der Waals surface area contributed by atoms with E-state index >= 15 is 0 Å². The molecule has 2 N–H and O–H groups in total. The van der Waals surface area contributed by atoms with Crippen LogP contribution >= 0.6 is 0 Å². The van der Waals surface area contributed by atoms with Crippen molar-refractivity contribution in [3.05, 3.63) is 56.8 Å². The fraction of sp³-hybridized carbons (Fsp3) is 0.333. The summed E-state index contributed by atoms with van der Waals surface area (Å²) in [5.41, 5.74) is 6.30. The monoisotopic (exact) mass is 311 g/mol. The predicted molar refractivity (Wildman–Crippen MR) is 92.0 cm³/mol. The summed E-state index contributed by atoms with van der Waals surface area (Å²) in [6.45, 7) is 8.37. The molecule has 0 radical (unpaired) electrons. The molecule has 0 spiro atoms. The summed E-state index contributed by atoms with van der Waals surface area (Å²) in [5.74, 6) is 0.579. The van der Waals surface area contributed by atoms with Gasteiger partial charge in [-0.25, -0.2) is 4.98 Å². The van der Waals surface area contributed by atoms with Gasteiger partial charge in [0.2, 0.25) is 5.89 Å². The van der Waals surface area contributed by atoms with Crippen molar-refractivity contribution in [2.24, 2.45) is 0 Å². The molecule has 0 aliphatic rings. The molecule has 0 aliphatic carbocycles. The highest BCUT2D eigenvalue weighted by molar-refractivity contribution is 5.79. The number of oxazole rings is 1. The first-order valence-electron chi connectivity index (χ1n) is 7.82. The summed E-state index contributed by atoms with van der Waals surface area (Å²) >= 11 is 0. The Kier molecular flexibility index (Phi) is 3.94. The highest BCUT2D eigenvalue weighted by atomic mass is 16.3. The topological polar surface area (TPSA) is 70.9 Å². The van der Waals surface area contributed by atoms with Crippen molar-refractivity contribution in [3.8, 4) is 0 Å². The van der Waals surface area contributed by atoms with Crippen LogP contribution in [0.1, 0.15) is 35.2 Å². The Morgan fingerprint density at radius 1 is 1.22 bits per heavy atom. The molecule has 0 atom stereocenters. The predicted octanol–water partition coefficient (Wildman–Crippen LogP) is 3.62. The van der Waals surface area contributed by atoms with Crippen molar-refractivity contribution in [1.29, 1.82) is 0 Å². The molecule has 5 nitrogen and oxygen atoms in total. The number of pyridine rings is 1. The molecular weight excluding hydrogens is 290 g/mol. The maximum atomic E-state index is 12.0. The minimum absolute atomic E-state index is 0.122. The SMILES string of the molecule is CCc1cc(NCc2nc3c(C)ccc(C)c3o2)c(=O)[nH]c1C. The highest BCUT2D eigenvalue weighted by Crippen LogP contribution is 2.23. The van der Waals surface area contributed by atoms with Crippen molar-refractivity contribution < 1.29 is 4.42 Å². The lowest BCUT2D eigenvalue weighted by Crippen LogP contribution is -2.16. The lowest BCUT2D eigenvalue weighted by Gasteiger charge is -2.07. The smallest absolute Gasteiger partial charge is 0.271 e. The number of aryl methyl sites for hydroxylation is 4. The largest absolute Gasteiger partial charge is 0.438 e. The van der Waals surface area contributed by atoms with Crippen LogP contribution in [0.3, 0.4) is 0 Å². The second-order valence-electron chi connectivity index (χ2n) is 5.85. The van der Waals surface area contributed by atoms with E-state index in [4.69, 9.17) is 4.42 Å². The molecule has 0 saturated carbocycles. The van der Waals surface area contributed by atoms with Gasteiger partial charge in [-0.3, -0.25) is 4.79 Å². The summed E-state index contributed by atoms with van der Waals surface area (Å²) in [5, 5.41) is 3.13. The number of anilines is 1. The number of hydrogen-bond acceptors (Lipinski definition) is 4. The number of hydrogen-bond donors (Lipinski definition) is 2. The van der Waals surface area contributed by atoms with Gasteiger partial charge < -0.3 is 14.7 Å². The zero-order valence-corrected chi connectivity index (χ0v) is 13.9. The van der Waals surface area contributed by atoms with E-state index in [9.17, 15) is 4.79 Å².